The average Bonchev–Trinajstić information content (AvgIpc) is 3.01. The molecule has 0 aliphatic carbocycles. The Kier molecular flexibility index (Phi) is 5.70. The van der Waals surface area contributed by atoms with Gasteiger partial charge in [-0.15, -0.1) is 0 Å². The van der Waals surface area contributed by atoms with Crippen LogP contribution < -0.4 is 19.5 Å². The molecule has 2 aromatic carbocycles. The van der Waals surface area contributed by atoms with Gasteiger partial charge in [-0.05, 0) is 41.5 Å². The van der Waals surface area contributed by atoms with Gasteiger partial charge in [0.2, 0.25) is 5.88 Å². The zero-order valence-corrected chi connectivity index (χ0v) is 16.9. The zero-order valence-electron chi connectivity index (χ0n) is 16.9. The Morgan fingerprint density at radius 1 is 1.07 bits per heavy atom. The number of hydrogen-bond donors (Lipinski definition) is 1. The van der Waals surface area contributed by atoms with Crippen LogP contribution in [0.5, 0.6) is 17.4 Å². The van der Waals surface area contributed by atoms with Gasteiger partial charge in [0.1, 0.15) is 18.1 Å². The van der Waals surface area contributed by atoms with E-state index in [9.17, 15) is 4.79 Å². The molecule has 1 N–H and O–H groups in total. The second kappa shape index (κ2) is 8.73. The Bertz CT molecular complexity index is 1050. The molecule has 0 spiro atoms. The topological polar surface area (TPSA) is 72.9 Å². The fourth-order valence-corrected chi connectivity index (χ4v) is 3.35. The number of nitrogens with one attached hydrogen (secondary N) is 1. The SMILES string of the molecule is COc1cccc(NC(=O)N2CCOc3ccc(-c4ccnc(OC)c4)cc3C2)c1. The highest BCUT2D eigenvalue weighted by Gasteiger charge is 2.20. The van der Waals surface area contributed by atoms with Gasteiger partial charge in [0, 0.05) is 29.6 Å². The quantitative estimate of drug-likeness (QED) is 0.705. The molecule has 0 unspecified atom stereocenters. The van der Waals surface area contributed by atoms with Gasteiger partial charge in [0.15, 0.2) is 0 Å². The Labute approximate surface area is 175 Å². The van der Waals surface area contributed by atoms with Gasteiger partial charge in [-0.1, -0.05) is 12.1 Å². The third-order valence-electron chi connectivity index (χ3n) is 4.93. The fraction of sp³-hybridized carbons (Fsp3) is 0.217. The van der Waals surface area contributed by atoms with E-state index in [1.165, 1.54) is 0 Å². The van der Waals surface area contributed by atoms with Crippen LogP contribution >= 0.6 is 0 Å². The summed E-state index contributed by atoms with van der Waals surface area (Å²) in [6, 6.07) is 16.9. The van der Waals surface area contributed by atoms with Crippen molar-refractivity contribution in [3.8, 4) is 28.5 Å². The predicted molar refractivity (Wildman–Crippen MR) is 114 cm³/mol. The summed E-state index contributed by atoms with van der Waals surface area (Å²) in [6.45, 7) is 1.37. The predicted octanol–water partition coefficient (Wildman–Crippen LogP) is 4.19. The van der Waals surface area contributed by atoms with Crippen LogP contribution in [0.25, 0.3) is 11.1 Å². The lowest BCUT2D eigenvalue weighted by Gasteiger charge is -2.21. The number of fused-ring (bicyclic) bond motifs is 1. The Hall–Kier alpha value is -3.74. The molecule has 3 aromatic rings. The minimum absolute atomic E-state index is 0.185. The van der Waals surface area contributed by atoms with Gasteiger partial charge in [-0.25, -0.2) is 9.78 Å². The second-order valence-corrected chi connectivity index (χ2v) is 6.84. The highest BCUT2D eigenvalue weighted by Crippen LogP contribution is 2.30. The molecule has 1 aliphatic heterocycles. The van der Waals surface area contributed by atoms with Gasteiger partial charge >= 0.3 is 6.03 Å². The van der Waals surface area contributed by atoms with Crippen LogP contribution in [0.3, 0.4) is 0 Å². The van der Waals surface area contributed by atoms with E-state index < -0.39 is 0 Å². The molecular weight excluding hydrogens is 382 g/mol. The number of hydrogen-bond acceptors (Lipinski definition) is 5. The molecule has 0 atom stereocenters. The molecule has 2 heterocycles. The lowest BCUT2D eigenvalue weighted by Crippen LogP contribution is -2.36. The van der Waals surface area contributed by atoms with Crippen LogP contribution in [-0.2, 0) is 6.54 Å². The number of carbonyl (C=O) groups is 1. The summed E-state index contributed by atoms with van der Waals surface area (Å²) in [5, 5.41) is 2.93. The number of urea groups is 1. The number of anilines is 1. The van der Waals surface area contributed by atoms with Crippen LogP contribution in [0, 0.1) is 0 Å². The van der Waals surface area contributed by atoms with E-state index in [4.69, 9.17) is 14.2 Å². The van der Waals surface area contributed by atoms with Gasteiger partial charge in [-0.3, -0.25) is 0 Å². The molecule has 7 nitrogen and oxygen atoms in total. The van der Waals surface area contributed by atoms with Gasteiger partial charge < -0.3 is 24.4 Å². The van der Waals surface area contributed by atoms with E-state index >= 15 is 0 Å². The van der Waals surface area contributed by atoms with E-state index in [1.54, 1.807) is 31.4 Å². The molecule has 0 radical (unpaired) electrons. The molecule has 1 aliphatic rings. The highest BCUT2D eigenvalue weighted by atomic mass is 16.5. The van der Waals surface area contributed by atoms with E-state index in [-0.39, 0.29) is 6.03 Å². The molecule has 30 heavy (non-hydrogen) atoms. The Balaban J connectivity index is 1.55. The third kappa shape index (κ3) is 4.30. The first-order valence-electron chi connectivity index (χ1n) is 9.62. The zero-order chi connectivity index (χ0) is 20.9. The summed E-state index contributed by atoms with van der Waals surface area (Å²) in [5.41, 5.74) is 3.62. The maximum absolute atomic E-state index is 12.9. The summed E-state index contributed by atoms with van der Waals surface area (Å²) in [6.07, 6.45) is 1.71. The summed E-state index contributed by atoms with van der Waals surface area (Å²) >= 11 is 0. The summed E-state index contributed by atoms with van der Waals surface area (Å²) in [7, 11) is 3.19. The standard InChI is InChI=1S/C23H23N3O4/c1-28-20-5-3-4-19(14-20)25-23(27)26-10-11-30-21-7-6-16(12-18(21)15-26)17-8-9-24-22(13-17)29-2/h3-9,12-14H,10-11,15H2,1-2H3,(H,25,27). The van der Waals surface area contributed by atoms with Gasteiger partial charge in [0.25, 0.3) is 0 Å². The maximum atomic E-state index is 12.9. The molecule has 0 saturated carbocycles. The fourth-order valence-electron chi connectivity index (χ4n) is 3.35. The normalized spacial score (nSPS) is 12.9. The minimum atomic E-state index is -0.185. The molecule has 0 fully saturated rings. The van der Waals surface area contributed by atoms with Crippen molar-refractivity contribution in [1.29, 1.82) is 0 Å². The monoisotopic (exact) mass is 405 g/mol. The molecule has 4 rings (SSSR count). The average molecular weight is 405 g/mol. The van der Waals surface area contributed by atoms with Crippen molar-refractivity contribution in [3.05, 3.63) is 66.4 Å². The van der Waals surface area contributed by atoms with Crippen molar-refractivity contribution >= 4 is 11.7 Å². The Morgan fingerprint density at radius 3 is 2.77 bits per heavy atom. The number of aromatic nitrogens is 1. The molecule has 1 aromatic heterocycles. The van der Waals surface area contributed by atoms with E-state index in [1.807, 2.05) is 48.5 Å². The first-order chi connectivity index (χ1) is 14.7. The van der Waals surface area contributed by atoms with Crippen molar-refractivity contribution in [3.63, 3.8) is 0 Å². The van der Waals surface area contributed by atoms with E-state index in [0.29, 0.717) is 37.0 Å². The van der Waals surface area contributed by atoms with Crippen LogP contribution in [-0.4, -0.2) is 43.3 Å². The van der Waals surface area contributed by atoms with Crippen LogP contribution in [0.1, 0.15) is 5.56 Å². The van der Waals surface area contributed by atoms with Crippen LogP contribution in [0.4, 0.5) is 10.5 Å². The minimum Gasteiger partial charge on any atom is -0.497 e. The molecule has 0 saturated heterocycles. The number of benzene rings is 2. The third-order valence-corrected chi connectivity index (χ3v) is 4.93. The maximum Gasteiger partial charge on any atom is 0.322 e. The number of nitrogens with zero attached hydrogens (tertiary/aromatic N) is 2. The van der Waals surface area contributed by atoms with Crippen molar-refractivity contribution < 1.29 is 19.0 Å². The number of methoxy groups -OCH3 is 2. The Morgan fingerprint density at radius 2 is 1.93 bits per heavy atom. The lowest BCUT2D eigenvalue weighted by atomic mass is 10.0. The first kappa shape index (κ1) is 19.6. The van der Waals surface area contributed by atoms with Crippen LogP contribution in [0.15, 0.2) is 60.8 Å². The van der Waals surface area contributed by atoms with Crippen molar-refractivity contribution in [2.24, 2.45) is 0 Å². The van der Waals surface area contributed by atoms with Crippen molar-refractivity contribution in [2.45, 2.75) is 6.54 Å². The lowest BCUT2D eigenvalue weighted by molar-refractivity contribution is 0.200. The number of pyridine rings is 1. The summed E-state index contributed by atoms with van der Waals surface area (Å²) < 4.78 is 16.3. The van der Waals surface area contributed by atoms with Gasteiger partial charge in [-0.2, -0.15) is 0 Å². The summed E-state index contributed by atoms with van der Waals surface area (Å²) in [4.78, 5) is 18.8. The highest BCUT2D eigenvalue weighted by molar-refractivity contribution is 5.89. The van der Waals surface area contributed by atoms with E-state index in [2.05, 4.69) is 10.3 Å². The second-order valence-electron chi connectivity index (χ2n) is 6.84. The van der Waals surface area contributed by atoms with E-state index in [0.717, 1.165) is 22.4 Å². The molecule has 7 heteroatoms. The number of rotatable bonds is 4. The first-order valence-corrected chi connectivity index (χ1v) is 9.62. The van der Waals surface area contributed by atoms with Crippen molar-refractivity contribution in [1.82, 2.24) is 9.88 Å². The largest absolute Gasteiger partial charge is 0.497 e. The molecule has 0 bridgehead atoms. The molecule has 154 valence electrons. The van der Waals surface area contributed by atoms with Crippen LogP contribution in [0.2, 0.25) is 0 Å². The van der Waals surface area contributed by atoms with Crippen molar-refractivity contribution in [2.75, 3.05) is 32.7 Å². The molecular formula is C23H23N3O4. The number of ether oxygens (including phenoxy) is 3. The number of carbonyl (C=O) groups excluding carboxylic acids is 1. The molecule has 2 amide bonds. The smallest absolute Gasteiger partial charge is 0.322 e. The number of amides is 2. The summed E-state index contributed by atoms with van der Waals surface area (Å²) in [5.74, 6) is 2.03. The van der Waals surface area contributed by atoms with Gasteiger partial charge in [0.05, 0.1) is 27.3 Å².